The van der Waals surface area contributed by atoms with E-state index in [2.05, 4.69) is 34.9 Å². The van der Waals surface area contributed by atoms with E-state index in [4.69, 9.17) is 4.74 Å². The van der Waals surface area contributed by atoms with E-state index in [9.17, 15) is 0 Å². The van der Waals surface area contributed by atoms with Crippen LogP contribution in [0.25, 0.3) is 0 Å². The first kappa shape index (κ1) is 13.0. The molecule has 0 aliphatic heterocycles. The minimum Gasteiger partial charge on any atom is -0.380 e. The molecule has 0 fully saturated rings. The highest BCUT2D eigenvalue weighted by molar-refractivity contribution is 5.28. The number of unbranched alkanes of at least 4 members (excludes halogenated alkanes) is 1. The van der Waals surface area contributed by atoms with Crippen molar-refractivity contribution in [2.75, 3.05) is 19.0 Å². The minimum atomic E-state index is 0.209. The average Bonchev–Trinajstić information content (AvgIpc) is 2.59. The third-order valence-electron chi connectivity index (χ3n) is 2.57. The van der Waals surface area contributed by atoms with Gasteiger partial charge in [0.2, 0.25) is 5.95 Å². The Morgan fingerprint density at radius 3 is 2.94 bits per heavy atom. The Hall–Kier alpha value is -1.03. The van der Waals surface area contributed by atoms with Gasteiger partial charge < -0.3 is 14.6 Å². The van der Waals surface area contributed by atoms with Crippen LogP contribution in [0.1, 0.15) is 32.4 Å². The molecule has 0 saturated carbocycles. The number of hydrogen-bond acceptors (Lipinski definition) is 3. The summed E-state index contributed by atoms with van der Waals surface area (Å²) in [6, 6.07) is 0. The van der Waals surface area contributed by atoms with Crippen LogP contribution < -0.4 is 5.32 Å². The molecule has 1 unspecified atom stereocenters. The first-order chi connectivity index (χ1) is 7.67. The average molecular weight is 225 g/mol. The zero-order valence-corrected chi connectivity index (χ0v) is 10.8. The van der Waals surface area contributed by atoms with Crippen LogP contribution in [0.2, 0.25) is 0 Å². The molecule has 16 heavy (non-hydrogen) atoms. The lowest BCUT2D eigenvalue weighted by atomic mass is 10.3. The molecule has 92 valence electrons. The zero-order valence-electron chi connectivity index (χ0n) is 10.8. The van der Waals surface area contributed by atoms with E-state index in [1.165, 1.54) is 12.8 Å². The van der Waals surface area contributed by atoms with E-state index in [1.54, 1.807) is 7.11 Å². The Kier molecular flexibility index (Phi) is 5.32. The number of rotatable bonds is 7. The van der Waals surface area contributed by atoms with Gasteiger partial charge in [-0.05, 0) is 20.3 Å². The molecule has 4 nitrogen and oxygen atoms in total. The van der Waals surface area contributed by atoms with Crippen LogP contribution >= 0.6 is 0 Å². The number of aryl methyl sites for hydroxylation is 1. The fourth-order valence-electron chi connectivity index (χ4n) is 1.56. The molecule has 0 amide bonds. The predicted octanol–water partition coefficient (Wildman–Crippen LogP) is 2.44. The van der Waals surface area contributed by atoms with Crippen molar-refractivity contribution < 1.29 is 4.74 Å². The van der Waals surface area contributed by atoms with E-state index in [0.717, 1.165) is 24.7 Å². The van der Waals surface area contributed by atoms with Gasteiger partial charge in [-0.2, -0.15) is 0 Å². The normalized spacial score (nSPS) is 12.8. The molecule has 1 aromatic rings. The molecule has 0 aromatic carbocycles. The largest absolute Gasteiger partial charge is 0.380 e. The Balaban J connectivity index is 2.60. The first-order valence-corrected chi connectivity index (χ1v) is 5.97. The SMILES string of the molecule is CCCCNc1nc(C)cn1CC(C)OC. The second-order valence-corrected chi connectivity index (χ2v) is 4.18. The van der Waals surface area contributed by atoms with Gasteiger partial charge >= 0.3 is 0 Å². The Labute approximate surface area is 98.0 Å². The molecule has 0 saturated heterocycles. The van der Waals surface area contributed by atoms with Crippen LogP contribution in [0, 0.1) is 6.92 Å². The van der Waals surface area contributed by atoms with Gasteiger partial charge in [-0.15, -0.1) is 0 Å². The maximum Gasteiger partial charge on any atom is 0.203 e. The summed E-state index contributed by atoms with van der Waals surface area (Å²) < 4.78 is 7.39. The van der Waals surface area contributed by atoms with Crippen LogP contribution in [-0.2, 0) is 11.3 Å². The molecule has 0 bridgehead atoms. The lowest BCUT2D eigenvalue weighted by molar-refractivity contribution is 0.104. The summed E-state index contributed by atoms with van der Waals surface area (Å²) in [5, 5.41) is 3.36. The molecule has 1 N–H and O–H groups in total. The van der Waals surface area contributed by atoms with Crippen molar-refractivity contribution in [2.24, 2.45) is 0 Å². The van der Waals surface area contributed by atoms with Crippen molar-refractivity contribution in [3.05, 3.63) is 11.9 Å². The maximum atomic E-state index is 5.27. The number of imidazole rings is 1. The van der Waals surface area contributed by atoms with Crippen molar-refractivity contribution in [1.29, 1.82) is 0 Å². The summed E-state index contributed by atoms with van der Waals surface area (Å²) in [5.74, 6) is 0.954. The summed E-state index contributed by atoms with van der Waals surface area (Å²) in [5.41, 5.74) is 1.04. The lowest BCUT2D eigenvalue weighted by Crippen LogP contribution is -2.17. The van der Waals surface area contributed by atoms with Gasteiger partial charge in [0.05, 0.1) is 18.3 Å². The van der Waals surface area contributed by atoms with Gasteiger partial charge in [-0.3, -0.25) is 0 Å². The summed E-state index contributed by atoms with van der Waals surface area (Å²) in [7, 11) is 1.73. The van der Waals surface area contributed by atoms with Gasteiger partial charge in [0.25, 0.3) is 0 Å². The van der Waals surface area contributed by atoms with Crippen LogP contribution in [0.5, 0.6) is 0 Å². The predicted molar refractivity (Wildman–Crippen MR) is 66.8 cm³/mol. The van der Waals surface area contributed by atoms with E-state index < -0.39 is 0 Å². The fraction of sp³-hybridized carbons (Fsp3) is 0.750. The second kappa shape index (κ2) is 6.53. The lowest BCUT2D eigenvalue weighted by Gasteiger charge is -2.13. The van der Waals surface area contributed by atoms with Crippen LogP contribution in [0.4, 0.5) is 5.95 Å². The van der Waals surface area contributed by atoms with Gasteiger partial charge in [-0.1, -0.05) is 13.3 Å². The van der Waals surface area contributed by atoms with E-state index in [0.29, 0.717) is 0 Å². The smallest absolute Gasteiger partial charge is 0.203 e. The van der Waals surface area contributed by atoms with Gasteiger partial charge in [0, 0.05) is 19.9 Å². The minimum absolute atomic E-state index is 0.209. The van der Waals surface area contributed by atoms with Gasteiger partial charge in [-0.25, -0.2) is 4.98 Å². The molecule has 1 atom stereocenters. The summed E-state index contributed by atoms with van der Waals surface area (Å²) in [6.45, 7) is 8.08. The Morgan fingerprint density at radius 2 is 2.31 bits per heavy atom. The fourth-order valence-corrected chi connectivity index (χ4v) is 1.56. The molecule has 1 heterocycles. The number of anilines is 1. The number of aromatic nitrogens is 2. The van der Waals surface area contributed by atoms with Crippen molar-refractivity contribution in [1.82, 2.24) is 9.55 Å². The molecule has 0 aliphatic carbocycles. The van der Waals surface area contributed by atoms with Crippen LogP contribution in [0.15, 0.2) is 6.20 Å². The summed E-state index contributed by atoms with van der Waals surface area (Å²) >= 11 is 0. The molecule has 0 radical (unpaired) electrons. The van der Waals surface area contributed by atoms with Crippen molar-refractivity contribution in [3.63, 3.8) is 0 Å². The zero-order chi connectivity index (χ0) is 12.0. The molecule has 1 rings (SSSR count). The Morgan fingerprint density at radius 1 is 1.56 bits per heavy atom. The molecule has 4 heteroatoms. The van der Waals surface area contributed by atoms with Crippen molar-refractivity contribution in [3.8, 4) is 0 Å². The topological polar surface area (TPSA) is 39.1 Å². The van der Waals surface area contributed by atoms with Gasteiger partial charge in [0.15, 0.2) is 0 Å². The Bertz CT molecular complexity index is 309. The number of nitrogens with zero attached hydrogens (tertiary/aromatic N) is 2. The third-order valence-corrected chi connectivity index (χ3v) is 2.57. The van der Waals surface area contributed by atoms with E-state index in [-0.39, 0.29) is 6.10 Å². The first-order valence-electron chi connectivity index (χ1n) is 5.97. The number of nitrogens with one attached hydrogen (secondary N) is 1. The van der Waals surface area contributed by atoms with E-state index >= 15 is 0 Å². The monoisotopic (exact) mass is 225 g/mol. The maximum absolute atomic E-state index is 5.27. The van der Waals surface area contributed by atoms with E-state index in [1.807, 2.05) is 6.92 Å². The highest BCUT2D eigenvalue weighted by atomic mass is 16.5. The van der Waals surface area contributed by atoms with Gasteiger partial charge in [0.1, 0.15) is 0 Å². The summed E-state index contributed by atoms with van der Waals surface area (Å²) in [6.07, 6.45) is 4.64. The highest BCUT2D eigenvalue weighted by Gasteiger charge is 2.08. The molecule has 0 aliphatic rings. The van der Waals surface area contributed by atoms with Crippen molar-refractivity contribution >= 4 is 5.95 Å². The molecule has 1 aromatic heterocycles. The number of ether oxygens (including phenoxy) is 1. The standard InChI is InChI=1S/C12H23N3O/c1-5-6-7-13-12-14-10(2)8-15(12)9-11(3)16-4/h8,11H,5-7,9H2,1-4H3,(H,13,14). The van der Waals surface area contributed by atoms with Crippen molar-refractivity contribution in [2.45, 2.75) is 46.3 Å². The molecular formula is C12H23N3O. The van der Waals surface area contributed by atoms with Crippen LogP contribution in [-0.4, -0.2) is 29.3 Å². The third kappa shape index (κ3) is 3.85. The summed E-state index contributed by atoms with van der Waals surface area (Å²) in [4.78, 5) is 4.47. The number of hydrogen-bond donors (Lipinski definition) is 1. The second-order valence-electron chi connectivity index (χ2n) is 4.18. The molecular weight excluding hydrogens is 202 g/mol. The quantitative estimate of drug-likeness (QED) is 0.724. The molecule has 0 spiro atoms. The van der Waals surface area contributed by atoms with Crippen LogP contribution in [0.3, 0.4) is 0 Å². The number of methoxy groups -OCH3 is 1. The highest BCUT2D eigenvalue weighted by Crippen LogP contribution is 2.10.